The molecule has 1 atom stereocenters. The number of ether oxygens (including phenoxy) is 2. The Morgan fingerprint density at radius 2 is 1.57 bits per heavy atom. The van der Waals surface area contributed by atoms with E-state index in [0.29, 0.717) is 17.0 Å². The molecule has 6 nitrogen and oxygen atoms in total. The number of likely N-dealkylation sites (tertiary alicyclic amines) is 1. The maximum Gasteiger partial charge on any atom is 0.295 e. The minimum atomic E-state index is -0.933. The molecule has 3 aromatic rings. The van der Waals surface area contributed by atoms with Gasteiger partial charge in [-0.15, -0.1) is 0 Å². The van der Waals surface area contributed by atoms with Crippen LogP contribution in [-0.4, -0.2) is 42.5 Å². The van der Waals surface area contributed by atoms with Crippen molar-refractivity contribution in [2.75, 3.05) is 20.8 Å². The van der Waals surface area contributed by atoms with Gasteiger partial charge in [0.05, 0.1) is 25.8 Å². The van der Waals surface area contributed by atoms with E-state index in [0.717, 1.165) is 5.56 Å². The van der Waals surface area contributed by atoms with E-state index in [1.54, 1.807) is 30.3 Å². The van der Waals surface area contributed by atoms with E-state index in [1.807, 2.05) is 12.1 Å². The van der Waals surface area contributed by atoms with E-state index in [9.17, 15) is 19.1 Å². The zero-order valence-electron chi connectivity index (χ0n) is 19.1. The Hall–Kier alpha value is -3.84. The van der Waals surface area contributed by atoms with Crippen LogP contribution < -0.4 is 9.47 Å². The van der Waals surface area contributed by atoms with Gasteiger partial charge >= 0.3 is 0 Å². The van der Waals surface area contributed by atoms with Gasteiger partial charge in [0.15, 0.2) is 0 Å². The van der Waals surface area contributed by atoms with Crippen LogP contribution in [0.15, 0.2) is 72.3 Å². The Balaban J connectivity index is 1.84. The number of carbonyl (C=O) groups is 2. The van der Waals surface area contributed by atoms with E-state index < -0.39 is 29.3 Å². The van der Waals surface area contributed by atoms with Gasteiger partial charge in [-0.1, -0.05) is 41.9 Å². The van der Waals surface area contributed by atoms with Crippen LogP contribution in [0.25, 0.3) is 5.76 Å². The molecule has 0 aliphatic carbocycles. The monoisotopic (exact) mass is 495 g/mol. The van der Waals surface area contributed by atoms with Crippen LogP contribution in [0.3, 0.4) is 0 Å². The molecule has 35 heavy (non-hydrogen) atoms. The molecule has 1 amide bonds. The molecular formula is C27H23ClFNO5. The van der Waals surface area contributed by atoms with Crippen molar-refractivity contribution in [1.29, 1.82) is 0 Å². The fourth-order valence-corrected chi connectivity index (χ4v) is 4.35. The minimum Gasteiger partial charge on any atom is -0.506 e. The molecule has 0 saturated carbocycles. The van der Waals surface area contributed by atoms with Crippen molar-refractivity contribution in [3.8, 4) is 11.5 Å². The van der Waals surface area contributed by atoms with E-state index >= 15 is 0 Å². The summed E-state index contributed by atoms with van der Waals surface area (Å²) in [5, 5.41) is 12.0. The first-order chi connectivity index (χ1) is 16.8. The molecular weight excluding hydrogens is 473 g/mol. The summed E-state index contributed by atoms with van der Waals surface area (Å²) < 4.78 is 24.5. The lowest BCUT2D eigenvalue weighted by Crippen LogP contribution is -2.31. The van der Waals surface area contributed by atoms with Gasteiger partial charge in [-0.3, -0.25) is 9.59 Å². The van der Waals surface area contributed by atoms with Crippen molar-refractivity contribution in [2.24, 2.45) is 0 Å². The minimum absolute atomic E-state index is 0.125. The zero-order chi connectivity index (χ0) is 25.1. The number of Topliss-reactive ketones (excluding diaryl/α,β-unsaturated/α-hetero) is 1. The molecule has 0 bridgehead atoms. The van der Waals surface area contributed by atoms with Crippen LogP contribution in [0.1, 0.15) is 22.7 Å². The van der Waals surface area contributed by atoms with Crippen molar-refractivity contribution < 1.29 is 28.6 Å². The smallest absolute Gasteiger partial charge is 0.295 e. The molecule has 1 N–H and O–H groups in total. The van der Waals surface area contributed by atoms with Crippen LogP contribution in [0, 0.1) is 5.82 Å². The van der Waals surface area contributed by atoms with Gasteiger partial charge in [-0.05, 0) is 53.9 Å². The summed E-state index contributed by atoms with van der Waals surface area (Å²) in [4.78, 5) is 27.8. The topological polar surface area (TPSA) is 76.1 Å². The predicted molar refractivity (Wildman–Crippen MR) is 130 cm³/mol. The Morgan fingerprint density at radius 3 is 2.14 bits per heavy atom. The van der Waals surface area contributed by atoms with Gasteiger partial charge in [-0.2, -0.15) is 0 Å². The summed E-state index contributed by atoms with van der Waals surface area (Å²) in [6.45, 7) is 0.189. The van der Waals surface area contributed by atoms with Gasteiger partial charge in [0.1, 0.15) is 28.6 Å². The van der Waals surface area contributed by atoms with Gasteiger partial charge in [0, 0.05) is 11.6 Å². The molecule has 1 fully saturated rings. The number of halogens is 2. The first-order valence-electron chi connectivity index (χ1n) is 10.9. The molecule has 3 aromatic carbocycles. The molecule has 1 aliphatic rings. The van der Waals surface area contributed by atoms with Crippen LogP contribution in [0.5, 0.6) is 11.5 Å². The highest BCUT2D eigenvalue weighted by Crippen LogP contribution is 2.43. The third-order valence-electron chi connectivity index (χ3n) is 5.94. The van der Waals surface area contributed by atoms with Crippen molar-refractivity contribution in [1.82, 2.24) is 4.90 Å². The Morgan fingerprint density at radius 1 is 0.971 bits per heavy atom. The van der Waals surface area contributed by atoms with E-state index in [-0.39, 0.29) is 29.2 Å². The average molecular weight is 496 g/mol. The lowest BCUT2D eigenvalue weighted by molar-refractivity contribution is -0.139. The number of ketones is 1. The summed E-state index contributed by atoms with van der Waals surface area (Å²) in [6, 6.07) is 16.6. The van der Waals surface area contributed by atoms with Gasteiger partial charge in [0.2, 0.25) is 0 Å². The van der Waals surface area contributed by atoms with Crippen molar-refractivity contribution in [3.05, 3.63) is 99.8 Å². The molecule has 4 rings (SSSR count). The van der Waals surface area contributed by atoms with Gasteiger partial charge in [-0.25, -0.2) is 4.39 Å². The number of methoxy groups -OCH3 is 2. The summed E-state index contributed by atoms with van der Waals surface area (Å²) >= 11 is 5.96. The molecule has 1 unspecified atom stereocenters. The largest absolute Gasteiger partial charge is 0.506 e. The first-order valence-corrected chi connectivity index (χ1v) is 11.2. The molecule has 1 saturated heterocycles. The fraction of sp³-hybridized carbons (Fsp3) is 0.185. The average Bonchev–Trinajstić information content (AvgIpc) is 3.12. The molecule has 1 heterocycles. The fourth-order valence-electron chi connectivity index (χ4n) is 4.22. The lowest BCUT2D eigenvalue weighted by atomic mass is 9.94. The third kappa shape index (κ3) is 4.72. The van der Waals surface area contributed by atoms with Crippen molar-refractivity contribution in [2.45, 2.75) is 12.5 Å². The number of nitrogens with zero attached hydrogens (tertiary/aromatic N) is 1. The lowest BCUT2D eigenvalue weighted by Gasteiger charge is -2.25. The second-order valence-corrected chi connectivity index (χ2v) is 8.39. The molecule has 8 heteroatoms. The quantitative estimate of drug-likeness (QED) is 0.278. The number of aliphatic hydroxyl groups is 1. The first kappa shape index (κ1) is 24.3. The number of hydrogen-bond donors (Lipinski definition) is 1. The summed E-state index contributed by atoms with van der Waals surface area (Å²) in [7, 11) is 2.85. The van der Waals surface area contributed by atoms with Gasteiger partial charge < -0.3 is 19.5 Å². The maximum atomic E-state index is 13.7. The van der Waals surface area contributed by atoms with Crippen LogP contribution in [0.2, 0.25) is 5.02 Å². The number of rotatable bonds is 7. The highest BCUT2D eigenvalue weighted by molar-refractivity contribution is 6.46. The van der Waals surface area contributed by atoms with Crippen molar-refractivity contribution in [3.63, 3.8) is 0 Å². The predicted octanol–water partition coefficient (Wildman–Crippen LogP) is 5.16. The van der Waals surface area contributed by atoms with Crippen molar-refractivity contribution >= 4 is 29.1 Å². The SMILES string of the molecule is COc1cccc(OC)c1/C(O)=C1\C(=O)C(=O)N(CCc2ccc(Cl)cc2)C1c1ccc(F)cc1. The van der Waals surface area contributed by atoms with E-state index in [4.69, 9.17) is 21.1 Å². The normalized spacial score (nSPS) is 17.0. The molecule has 1 aliphatic heterocycles. The highest BCUT2D eigenvalue weighted by Gasteiger charge is 2.46. The number of amides is 1. The summed E-state index contributed by atoms with van der Waals surface area (Å²) in [5.41, 5.74) is 1.43. The highest BCUT2D eigenvalue weighted by atomic mass is 35.5. The third-order valence-corrected chi connectivity index (χ3v) is 6.20. The molecule has 0 aromatic heterocycles. The maximum absolute atomic E-state index is 13.7. The number of aliphatic hydroxyl groups excluding tert-OH is 1. The number of hydrogen-bond acceptors (Lipinski definition) is 5. The second-order valence-electron chi connectivity index (χ2n) is 7.96. The van der Waals surface area contributed by atoms with Crippen LogP contribution in [-0.2, 0) is 16.0 Å². The number of benzene rings is 3. The van der Waals surface area contributed by atoms with E-state index in [2.05, 4.69) is 0 Å². The van der Waals surface area contributed by atoms with Crippen LogP contribution in [0.4, 0.5) is 4.39 Å². The van der Waals surface area contributed by atoms with E-state index in [1.165, 1.54) is 43.4 Å². The summed E-state index contributed by atoms with van der Waals surface area (Å²) in [6.07, 6.45) is 0.444. The molecule has 180 valence electrons. The Labute approximate surface area is 207 Å². The van der Waals surface area contributed by atoms with Gasteiger partial charge in [0.25, 0.3) is 11.7 Å². The zero-order valence-corrected chi connectivity index (χ0v) is 19.9. The number of carbonyl (C=O) groups excluding carboxylic acids is 2. The standard InChI is InChI=1S/C27H23ClFNO5/c1-34-20-4-3-5-21(35-2)22(20)25(31)23-24(17-8-12-19(29)13-9-17)30(27(33)26(23)32)15-14-16-6-10-18(28)11-7-16/h3-13,24,31H,14-15H2,1-2H3/b25-23+. The second kappa shape index (κ2) is 10.2. The Kier molecular flexibility index (Phi) is 7.07. The Bertz CT molecular complexity index is 1270. The molecule has 0 spiro atoms. The molecule has 0 radical (unpaired) electrons. The van der Waals surface area contributed by atoms with Crippen LogP contribution >= 0.6 is 11.6 Å². The summed E-state index contributed by atoms with van der Waals surface area (Å²) in [5.74, 6) is -1.96.